The van der Waals surface area contributed by atoms with Crippen LogP contribution in [-0.2, 0) is 11.3 Å². The molecule has 0 saturated carbocycles. The van der Waals surface area contributed by atoms with E-state index in [0.717, 1.165) is 11.3 Å². The van der Waals surface area contributed by atoms with Crippen LogP contribution in [0, 0.1) is 11.8 Å². The molecule has 0 aromatic heterocycles. The molecule has 1 atom stereocenters. The van der Waals surface area contributed by atoms with E-state index >= 15 is 0 Å². The molecule has 0 aliphatic heterocycles. The molecule has 4 nitrogen and oxygen atoms in total. The highest BCUT2D eigenvalue weighted by Gasteiger charge is 2.22. The van der Waals surface area contributed by atoms with Crippen LogP contribution >= 0.6 is 0 Å². The lowest BCUT2D eigenvalue weighted by atomic mass is 9.95. The van der Waals surface area contributed by atoms with Gasteiger partial charge in [0.15, 0.2) is 0 Å². The fourth-order valence-electron chi connectivity index (χ4n) is 2.06. The van der Waals surface area contributed by atoms with Gasteiger partial charge in [-0.15, -0.1) is 0 Å². The van der Waals surface area contributed by atoms with Crippen molar-refractivity contribution in [2.45, 2.75) is 20.4 Å². The zero-order chi connectivity index (χ0) is 14.4. The van der Waals surface area contributed by atoms with Crippen molar-refractivity contribution in [2.24, 2.45) is 11.8 Å². The van der Waals surface area contributed by atoms with Crippen molar-refractivity contribution in [2.75, 3.05) is 20.7 Å². The Bertz CT molecular complexity index is 418. The summed E-state index contributed by atoms with van der Waals surface area (Å²) in [6.45, 7) is 5.15. The van der Waals surface area contributed by atoms with E-state index in [1.165, 1.54) is 0 Å². The predicted octanol–water partition coefficient (Wildman–Crippen LogP) is 2.48. The molecule has 106 valence electrons. The van der Waals surface area contributed by atoms with Gasteiger partial charge in [-0.05, 0) is 30.7 Å². The number of carboxylic acid groups (broad SMARTS) is 1. The van der Waals surface area contributed by atoms with Crippen molar-refractivity contribution in [3.8, 4) is 5.75 Å². The molecule has 1 N–H and O–H groups in total. The van der Waals surface area contributed by atoms with E-state index in [1.54, 1.807) is 7.11 Å². The van der Waals surface area contributed by atoms with Crippen molar-refractivity contribution in [1.29, 1.82) is 0 Å². The van der Waals surface area contributed by atoms with E-state index in [-0.39, 0.29) is 11.8 Å². The summed E-state index contributed by atoms with van der Waals surface area (Å²) in [5, 5.41) is 9.19. The standard InChI is InChI=1S/C15H23NO3/c1-11(2)14(15(17)18)10-16(3)9-12-6-5-7-13(8-12)19-4/h5-8,11,14H,9-10H2,1-4H3,(H,17,18). The highest BCUT2D eigenvalue weighted by atomic mass is 16.5. The predicted molar refractivity (Wildman–Crippen MR) is 75.3 cm³/mol. The van der Waals surface area contributed by atoms with Crippen molar-refractivity contribution in [1.82, 2.24) is 4.90 Å². The lowest BCUT2D eigenvalue weighted by molar-refractivity contribution is -0.144. The Morgan fingerprint density at radius 1 is 1.42 bits per heavy atom. The first-order valence-electron chi connectivity index (χ1n) is 6.48. The minimum atomic E-state index is -0.729. The minimum absolute atomic E-state index is 0.130. The molecule has 0 bridgehead atoms. The molecule has 0 radical (unpaired) electrons. The fraction of sp³-hybridized carbons (Fsp3) is 0.533. The third-order valence-corrected chi connectivity index (χ3v) is 3.22. The summed E-state index contributed by atoms with van der Waals surface area (Å²) < 4.78 is 5.18. The second-order valence-corrected chi connectivity index (χ2v) is 5.24. The van der Waals surface area contributed by atoms with Crippen LogP contribution in [0.3, 0.4) is 0 Å². The molecule has 0 fully saturated rings. The van der Waals surface area contributed by atoms with Gasteiger partial charge in [0, 0.05) is 13.1 Å². The summed E-state index contributed by atoms with van der Waals surface area (Å²) in [5.74, 6) is -0.113. The topological polar surface area (TPSA) is 49.8 Å². The zero-order valence-electron chi connectivity index (χ0n) is 12.1. The molecule has 19 heavy (non-hydrogen) atoms. The molecule has 4 heteroatoms. The van der Waals surface area contributed by atoms with Crippen LogP contribution in [-0.4, -0.2) is 36.7 Å². The van der Waals surface area contributed by atoms with E-state index in [1.807, 2.05) is 50.1 Å². The third kappa shape index (κ3) is 4.91. The normalized spacial score (nSPS) is 12.7. The number of benzene rings is 1. The minimum Gasteiger partial charge on any atom is -0.497 e. The van der Waals surface area contributed by atoms with Gasteiger partial charge in [-0.1, -0.05) is 26.0 Å². The van der Waals surface area contributed by atoms with E-state index in [4.69, 9.17) is 4.74 Å². The summed E-state index contributed by atoms with van der Waals surface area (Å²) in [5.41, 5.74) is 1.12. The number of methoxy groups -OCH3 is 1. The zero-order valence-corrected chi connectivity index (χ0v) is 12.1. The largest absolute Gasteiger partial charge is 0.497 e. The lowest BCUT2D eigenvalue weighted by Crippen LogP contribution is -2.33. The molecule has 0 amide bonds. The lowest BCUT2D eigenvalue weighted by Gasteiger charge is -2.23. The van der Waals surface area contributed by atoms with Crippen LogP contribution in [0.5, 0.6) is 5.75 Å². The summed E-state index contributed by atoms with van der Waals surface area (Å²) in [7, 11) is 3.58. The Labute approximate surface area is 115 Å². The average Bonchev–Trinajstić information content (AvgIpc) is 2.35. The van der Waals surface area contributed by atoms with Crippen LogP contribution in [0.2, 0.25) is 0 Å². The number of nitrogens with zero attached hydrogens (tertiary/aromatic N) is 1. The van der Waals surface area contributed by atoms with Gasteiger partial charge in [-0.3, -0.25) is 4.79 Å². The Kier molecular flexibility index (Phi) is 5.83. The number of hydrogen-bond donors (Lipinski definition) is 1. The molecular weight excluding hydrogens is 242 g/mol. The van der Waals surface area contributed by atoms with E-state index in [9.17, 15) is 9.90 Å². The van der Waals surface area contributed by atoms with Gasteiger partial charge in [0.05, 0.1) is 13.0 Å². The number of carbonyl (C=O) groups is 1. The molecule has 0 heterocycles. The maximum Gasteiger partial charge on any atom is 0.308 e. The Morgan fingerprint density at radius 3 is 2.63 bits per heavy atom. The van der Waals surface area contributed by atoms with Crippen molar-refractivity contribution >= 4 is 5.97 Å². The van der Waals surface area contributed by atoms with Crippen molar-refractivity contribution in [3.05, 3.63) is 29.8 Å². The first kappa shape index (κ1) is 15.5. The van der Waals surface area contributed by atoms with Gasteiger partial charge in [0.1, 0.15) is 5.75 Å². The maximum atomic E-state index is 11.2. The summed E-state index contributed by atoms with van der Waals surface area (Å²) in [4.78, 5) is 13.2. The van der Waals surface area contributed by atoms with Gasteiger partial charge < -0.3 is 14.7 Å². The highest BCUT2D eigenvalue weighted by molar-refractivity contribution is 5.70. The van der Waals surface area contributed by atoms with Crippen LogP contribution in [0.15, 0.2) is 24.3 Å². The first-order chi connectivity index (χ1) is 8.93. The first-order valence-corrected chi connectivity index (χ1v) is 6.48. The molecule has 1 rings (SSSR count). The summed E-state index contributed by atoms with van der Waals surface area (Å²) in [6.07, 6.45) is 0. The molecular formula is C15H23NO3. The number of ether oxygens (including phenoxy) is 1. The number of hydrogen-bond acceptors (Lipinski definition) is 3. The Morgan fingerprint density at radius 2 is 2.11 bits per heavy atom. The van der Waals surface area contributed by atoms with Gasteiger partial charge in [0.2, 0.25) is 0 Å². The quantitative estimate of drug-likeness (QED) is 0.823. The Hall–Kier alpha value is -1.55. The second-order valence-electron chi connectivity index (χ2n) is 5.24. The SMILES string of the molecule is COc1cccc(CN(C)CC(C(=O)O)C(C)C)c1. The van der Waals surface area contributed by atoms with E-state index in [2.05, 4.69) is 0 Å². The van der Waals surface area contributed by atoms with E-state index in [0.29, 0.717) is 13.1 Å². The molecule has 1 aromatic rings. The van der Waals surface area contributed by atoms with Crippen LogP contribution < -0.4 is 4.74 Å². The Balaban J connectivity index is 2.63. The average molecular weight is 265 g/mol. The fourth-order valence-corrected chi connectivity index (χ4v) is 2.06. The van der Waals surface area contributed by atoms with Gasteiger partial charge in [0.25, 0.3) is 0 Å². The van der Waals surface area contributed by atoms with E-state index < -0.39 is 5.97 Å². The van der Waals surface area contributed by atoms with Gasteiger partial charge in [-0.25, -0.2) is 0 Å². The molecule has 1 aromatic carbocycles. The van der Waals surface area contributed by atoms with Gasteiger partial charge >= 0.3 is 5.97 Å². The van der Waals surface area contributed by atoms with Crippen LogP contribution in [0.1, 0.15) is 19.4 Å². The third-order valence-electron chi connectivity index (χ3n) is 3.22. The summed E-state index contributed by atoms with van der Waals surface area (Å²) in [6, 6.07) is 7.84. The van der Waals surface area contributed by atoms with Crippen molar-refractivity contribution in [3.63, 3.8) is 0 Å². The smallest absolute Gasteiger partial charge is 0.308 e. The molecule has 0 spiro atoms. The number of rotatable bonds is 7. The number of aliphatic carboxylic acids is 1. The monoisotopic (exact) mass is 265 g/mol. The number of carboxylic acids is 1. The molecule has 0 aliphatic rings. The second kappa shape index (κ2) is 7.14. The molecule has 0 saturated heterocycles. The van der Waals surface area contributed by atoms with Crippen molar-refractivity contribution < 1.29 is 14.6 Å². The van der Waals surface area contributed by atoms with Crippen LogP contribution in [0.4, 0.5) is 0 Å². The maximum absolute atomic E-state index is 11.2. The molecule has 1 unspecified atom stereocenters. The summed E-state index contributed by atoms with van der Waals surface area (Å²) >= 11 is 0. The highest BCUT2D eigenvalue weighted by Crippen LogP contribution is 2.16. The van der Waals surface area contributed by atoms with Crippen LogP contribution in [0.25, 0.3) is 0 Å². The molecule has 0 aliphatic carbocycles. The van der Waals surface area contributed by atoms with Gasteiger partial charge in [-0.2, -0.15) is 0 Å².